The van der Waals surface area contributed by atoms with Crippen molar-refractivity contribution in [2.45, 2.75) is 33.1 Å². The van der Waals surface area contributed by atoms with E-state index in [1.54, 1.807) is 0 Å². The SMILES string of the molecule is CCCCCNC(=O)c1cc(-c2cccn2C)nc2ccc(C)cc12. The number of aromatic nitrogens is 2. The number of pyridine rings is 1. The first-order valence-electron chi connectivity index (χ1n) is 8.91. The largest absolute Gasteiger partial charge is 0.352 e. The lowest BCUT2D eigenvalue weighted by molar-refractivity contribution is 0.0954. The van der Waals surface area contributed by atoms with Crippen molar-refractivity contribution < 1.29 is 4.79 Å². The first-order chi connectivity index (χ1) is 12.1. The summed E-state index contributed by atoms with van der Waals surface area (Å²) in [4.78, 5) is 17.6. The summed E-state index contributed by atoms with van der Waals surface area (Å²) >= 11 is 0. The summed E-state index contributed by atoms with van der Waals surface area (Å²) in [6, 6.07) is 12.0. The molecule has 0 saturated carbocycles. The quantitative estimate of drug-likeness (QED) is 0.676. The van der Waals surface area contributed by atoms with Gasteiger partial charge in [0.05, 0.1) is 22.5 Å². The zero-order valence-corrected chi connectivity index (χ0v) is 15.2. The maximum Gasteiger partial charge on any atom is 0.252 e. The molecule has 1 N–H and O–H groups in total. The summed E-state index contributed by atoms with van der Waals surface area (Å²) in [7, 11) is 1.99. The van der Waals surface area contributed by atoms with E-state index in [1.807, 2.05) is 61.1 Å². The zero-order chi connectivity index (χ0) is 17.8. The van der Waals surface area contributed by atoms with Gasteiger partial charge in [-0.15, -0.1) is 0 Å². The van der Waals surface area contributed by atoms with E-state index < -0.39 is 0 Å². The molecule has 0 aliphatic rings. The molecular weight excluding hydrogens is 310 g/mol. The second kappa shape index (κ2) is 7.51. The van der Waals surface area contributed by atoms with E-state index in [1.165, 1.54) is 0 Å². The number of unbranched alkanes of at least 4 members (excludes halogenated alkanes) is 2. The van der Waals surface area contributed by atoms with Gasteiger partial charge in [0.25, 0.3) is 5.91 Å². The number of fused-ring (bicyclic) bond motifs is 1. The molecule has 4 heteroatoms. The Kier molecular flexibility index (Phi) is 5.17. The smallest absolute Gasteiger partial charge is 0.252 e. The van der Waals surface area contributed by atoms with Gasteiger partial charge in [-0.2, -0.15) is 0 Å². The van der Waals surface area contributed by atoms with Crippen molar-refractivity contribution in [3.63, 3.8) is 0 Å². The molecule has 0 fully saturated rings. The van der Waals surface area contributed by atoms with E-state index in [9.17, 15) is 4.79 Å². The Labute approximate surface area is 148 Å². The molecule has 0 atom stereocenters. The molecule has 0 aliphatic carbocycles. The highest BCUT2D eigenvalue weighted by Crippen LogP contribution is 2.25. The third-order valence-electron chi connectivity index (χ3n) is 4.48. The van der Waals surface area contributed by atoms with Crippen LogP contribution in [0.2, 0.25) is 0 Å². The summed E-state index contributed by atoms with van der Waals surface area (Å²) in [5, 5.41) is 3.97. The van der Waals surface area contributed by atoms with Gasteiger partial charge in [-0.3, -0.25) is 4.79 Å². The average molecular weight is 335 g/mol. The molecule has 130 valence electrons. The Morgan fingerprint density at radius 3 is 2.76 bits per heavy atom. The highest BCUT2D eigenvalue weighted by Gasteiger charge is 2.15. The molecule has 1 aromatic carbocycles. The predicted octanol–water partition coefficient (Wildman–Crippen LogP) is 4.47. The van der Waals surface area contributed by atoms with Crippen molar-refractivity contribution in [3.8, 4) is 11.4 Å². The molecule has 2 aromatic heterocycles. The molecule has 0 spiro atoms. The van der Waals surface area contributed by atoms with Crippen molar-refractivity contribution >= 4 is 16.8 Å². The van der Waals surface area contributed by atoms with Gasteiger partial charge in [-0.05, 0) is 43.7 Å². The fourth-order valence-electron chi connectivity index (χ4n) is 3.06. The van der Waals surface area contributed by atoms with Gasteiger partial charge in [-0.1, -0.05) is 31.4 Å². The van der Waals surface area contributed by atoms with Crippen molar-refractivity contribution in [3.05, 3.63) is 53.7 Å². The Morgan fingerprint density at radius 1 is 1.20 bits per heavy atom. The number of aryl methyl sites for hydroxylation is 2. The minimum atomic E-state index is -0.0236. The molecule has 0 aliphatic heterocycles. The van der Waals surface area contributed by atoms with Gasteiger partial charge in [0.15, 0.2) is 0 Å². The zero-order valence-electron chi connectivity index (χ0n) is 15.2. The second-order valence-corrected chi connectivity index (χ2v) is 6.54. The minimum Gasteiger partial charge on any atom is -0.352 e. The van der Waals surface area contributed by atoms with Crippen LogP contribution < -0.4 is 5.32 Å². The van der Waals surface area contributed by atoms with Crippen molar-refractivity contribution in [1.82, 2.24) is 14.9 Å². The van der Waals surface area contributed by atoms with E-state index >= 15 is 0 Å². The normalized spacial score (nSPS) is 11.0. The Morgan fingerprint density at radius 2 is 2.04 bits per heavy atom. The number of carbonyl (C=O) groups is 1. The molecule has 1 amide bonds. The van der Waals surface area contributed by atoms with Crippen LogP contribution in [0.25, 0.3) is 22.3 Å². The Balaban J connectivity index is 2.03. The number of amides is 1. The summed E-state index contributed by atoms with van der Waals surface area (Å²) in [5.41, 5.74) is 4.50. The number of nitrogens with one attached hydrogen (secondary N) is 1. The summed E-state index contributed by atoms with van der Waals surface area (Å²) in [6.45, 7) is 4.91. The van der Waals surface area contributed by atoms with Crippen LogP contribution >= 0.6 is 0 Å². The molecule has 0 unspecified atom stereocenters. The first kappa shape index (κ1) is 17.2. The van der Waals surface area contributed by atoms with Crippen LogP contribution in [0, 0.1) is 6.92 Å². The molecule has 0 bridgehead atoms. The second-order valence-electron chi connectivity index (χ2n) is 6.54. The van der Waals surface area contributed by atoms with E-state index in [0.29, 0.717) is 12.1 Å². The molecular formula is C21H25N3O. The van der Waals surface area contributed by atoms with Gasteiger partial charge in [0.2, 0.25) is 0 Å². The topological polar surface area (TPSA) is 46.9 Å². The highest BCUT2D eigenvalue weighted by atomic mass is 16.1. The van der Waals surface area contributed by atoms with Gasteiger partial charge < -0.3 is 9.88 Å². The van der Waals surface area contributed by atoms with Crippen molar-refractivity contribution in [1.29, 1.82) is 0 Å². The maximum atomic E-state index is 12.8. The summed E-state index contributed by atoms with van der Waals surface area (Å²) < 4.78 is 2.02. The van der Waals surface area contributed by atoms with Crippen LogP contribution in [0.3, 0.4) is 0 Å². The third-order valence-corrected chi connectivity index (χ3v) is 4.48. The molecule has 3 rings (SSSR count). The van der Waals surface area contributed by atoms with Crippen LogP contribution in [-0.4, -0.2) is 22.0 Å². The average Bonchev–Trinajstić information content (AvgIpc) is 3.03. The molecule has 4 nitrogen and oxygen atoms in total. The molecule has 0 radical (unpaired) electrons. The lowest BCUT2D eigenvalue weighted by Gasteiger charge is -2.11. The number of benzene rings is 1. The van der Waals surface area contributed by atoms with Crippen LogP contribution in [0.1, 0.15) is 42.1 Å². The van der Waals surface area contributed by atoms with E-state index in [0.717, 1.165) is 47.1 Å². The number of hydrogen-bond donors (Lipinski definition) is 1. The Bertz CT molecular complexity index is 895. The van der Waals surface area contributed by atoms with Gasteiger partial charge >= 0.3 is 0 Å². The monoisotopic (exact) mass is 335 g/mol. The van der Waals surface area contributed by atoms with E-state index in [4.69, 9.17) is 4.98 Å². The van der Waals surface area contributed by atoms with Crippen LogP contribution in [-0.2, 0) is 7.05 Å². The van der Waals surface area contributed by atoms with Gasteiger partial charge in [0.1, 0.15) is 0 Å². The number of carbonyl (C=O) groups excluding carboxylic acids is 1. The van der Waals surface area contributed by atoms with Gasteiger partial charge in [-0.25, -0.2) is 4.98 Å². The lowest BCUT2D eigenvalue weighted by Crippen LogP contribution is -2.25. The molecule has 2 heterocycles. The van der Waals surface area contributed by atoms with Crippen LogP contribution in [0.15, 0.2) is 42.6 Å². The molecule has 0 saturated heterocycles. The summed E-state index contributed by atoms with van der Waals surface area (Å²) in [6.07, 6.45) is 5.27. The first-order valence-corrected chi connectivity index (χ1v) is 8.91. The van der Waals surface area contributed by atoms with Crippen molar-refractivity contribution in [2.24, 2.45) is 7.05 Å². The third kappa shape index (κ3) is 3.73. The van der Waals surface area contributed by atoms with Gasteiger partial charge in [0, 0.05) is 25.2 Å². The predicted molar refractivity (Wildman–Crippen MR) is 103 cm³/mol. The fraction of sp³-hybridized carbons (Fsp3) is 0.333. The number of nitrogens with zero attached hydrogens (tertiary/aromatic N) is 2. The van der Waals surface area contributed by atoms with Crippen LogP contribution in [0.5, 0.6) is 0 Å². The number of hydrogen-bond acceptors (Lipinski definition) is 2. The number of rotatable bonds is 6. The molecule has 3 aromatic rings. The maximum absolute atomic E-state index is 12.8. The lowest BCUT2D eigenvalue weighted by atomic mass is 10.0. The standard InChI is InChI=1S/C21H25N3O/c1-4-5-6-11-22-21(25)17-14-19(20-8-7-12-24(20)3)23-18-10-9-15(2)13-16(17)18/h7-10,12-14H,4-6,11H2,1-3H3,(H,22,25). The minimum absolute atomic E-state index is 0.0236. The summed E-state index contributed by atoms with van der Waals surface area (Å²) in [5.74, 6) is -0.0236. The van der Waals surface area contributed by atoms with Crippen LogP contribution in [0.4, 0.5) is 0 Å². The highest BCUT2D eigenvalue weighted by molar-refractivity contribution is 6.07. The van der Waals surface area contributed by atoms with E-state index in [2.05, 4.69) is 12.2 Å². The van der Waals surface area contributed by atoms with E-state index in [-0.39, 0.29) is 5.91 Å². The Hall–Kier alpha value is -2.62. The van der Waals surface area contributed by atoms with Crippen molar-refractivity contribution in [2.75, 3.05) is 6.54 Å². The molecule has 25 heavy (non-hydrogen) atoms. The fourth-order valence-corrected chi connectivity index (χ4v) is 3.06.